The largest absolute Gasteiger partial charge is 0.350 e. The highest BCUT2D eigenvalue weighted by Crippen LogP contribution is 2.57. The van der Waals surface area contributed by atoms with Crippen LogP contribution in [0.5, 0.6) is 0 Å². The summed E-state index contributed by atoms with van der Waals surface area (Å²) in [5.74, 6) is -2.87. The summed E-state index contributed by atoms with van der Waals surface area (Å²) in [5.41, 5.74) is 2.13. The summed E-state index contributed by atoms with van der Waals surface area (Å²) in [6.45, 7) is 0. The molecule has 0 radical (unpaired) electrons. The van der Waals surface area contributed by atoms with E-state index < -0.39 is 40.9 Å². The van der Waals surface area contributed by atoms with Crippen LogP contribution in [0.1, 0.15) is 21.5 Å². The maximum Gasteiger partial charge on any atom is 0.247 e. The molecule has 1 saturated heterocycles. The first-order valence-corrected chi connectivity index (χ1v) is 13.6. The summed E-state index contributed by atoms with van der Waals surface area (Å²) in [5, 5.41) is 6.46. The third kappa shape index (κ3) is 3.73. The summed E-state index contributed by atoms with van der Waals surface area (Å²) in [4.78, 5) is 45.1. The van der Waals surface area contributed by atoms with Crippen molar-refractivity contribution in [2.24, 2.45) is 5.92 Å². The lowest BCUT2D eigenvalue weighted by atomic mass is 9.64. The minimum Gasteiger partial charge on any atom is -0.350 e. The van der Waals surface area contributed by atoms with Gasteiger partial charge < -0.3 is 15.5 Å². The summed E-state index contributed by atoms with van der Waals surface area (Å²) in [7, 11) is 0. The van der Waals surface area contributed by atoms with Gasteiger partial charge in [0.05, 0.1) is 12.0 Å². The van der Waals surface area contributed by atoms with Crippen molar-refractivity contribution >= 4 is 52.3 Å². The molecule has 4 aromatic rings. The van der Waals surface area contributed by atoms with Gasteiger partial charge in [-0.3, -0.25) is 14.4 Å². The number of rotatable bonds is 4. The van der Waals surface area contributed by atoms with Crippen molar-refractivity contribution in [2.75, 3.05) is 15.5 Å². The van der Waals surface area contributed by atoms with Gasteiger partial charge in [-0.05, 0) is 71.8 Å². The maximum absolute atomic E-state index is 14.6. The van der Waals surface area contributed by atoms with Crippen molar-refractivity contribution in [3.63, 3.8) is 0 Å². The lowest BCUT2D eigenvalue weighted by Crippen LogP contribution is -2.51. The molecular formula is C33H23ClFN3O3. The molecule has 202 valence electrons. The van der Waals surface area contributed by atoms with Gasteiger partial charge in [0.2, 0.25) is 11.8 Å². The van der Waals surface area contributed by atoms with E-state index in [0.29, 0.717) is 22.0 Å². The van der Waals surface area contributed by atoms with Gasteiger partial charge in [0, 0.05) is 27.6 Å². The number of carbonyl (C=O) groups excluding carboxylic acids is 3. The Bertz CT molecular complexity index is 1750. The third-order valence-electron chi connectivity index (χ3n) is 8.33. The Kier molecular flexibility index (Phi) is 5.80. The fourth-order valence-corrected chi connectivity index (χ4v) is 6.79. The Hall–Kier alpha value is -4.75. The highest BCUT2D eigenvalue weighted by molar-refractivity contribution is 6.30. The minimum absolute atomic E-state index is 0.217. The van der Waals surface area contributed by atoms with Gasteiger partial charge in [-0.2, -0.15) is 0 Å². The molecule has 2 amide bonds. The second kappa shape index (κ2) is 9.42. The number of hydrogen-bond donors (Lipinski definition) is 2. The Morgan fingerprint density at radius 3 is 2.39 bits per heavy atom. The summed E-state index contributed by atoms with van der Waals surface area (Å²) in [6, 6.07) is 25.0. The monoisotopic (exact) mass is 563 g/mol. The van der Waals surface area contributed by atoms with Crippen LogP contribution in [-0.2, 0) is 15.0 Å². The molecule has 0 saturated carbocycles. The van der Waals surface area contributed by atoms with Gasteiger partial charge in [-0.1, -0.05) is 60.2 Å². The first-order chi connectivity index (χ1) is 19.9. The number of halogens is 2. The smallest absolute Gasteiger partial charge is 0.247 e. The van der Waals surface area contributed by atoms with E-state index in [4.69, 9.17) is 11.6 Å². The van der Waals surface area contributed by atoms with Crippen LogP contribution < -0.4 is 15.5 Å². The van der Waals surface area contributed by atoms with Crippen LogP contribution in [0.4, 0.5) is 21.5 Å². The summed E-state index contributed by atoms with van der Waals surface area (Å²) >= 11 is 6.07. The summed E-state index contributed by atoms with van der Waals surface area (Å²) in [6.07, 6.45) is 3.84. The fraction of sp³-hybridized carbons (Fsp3) is 0.121. The van der Waals surface area contributed by atoms with Crippen molar-refractivity contribution in [3.05, 3.63) is 131 Å². The van der Waals surface area contributed by atoms with E-state index in [2.05, 4.69) is 10.6 Å². The number of hydrogen-bond acceptors (Lipinski definition) is 4. The Labute approximate surface area is 240 Å². The van der Waals surface area contributed by atoms with E-state index in [1.165, 1.54) is 24.3 Å². The van der Waals surface area contributed by atoms with E-state index in [1.54, 1.807) is 30.3 Å². The molecule has 2 N–H and O–H groups in total. The zero-order valence-corrected chi connectivity index (χ0v) is 22.3. The van der Waals surface area contributed by atoms with Crippen LogP contribution in [0.25, 0.3) is 6.08 Å². The van der Waals surface area contributed by atoms with Gasteiger partial charge >= 0.3 is 0 Å². The third-order valence-corrected chi connectivity index (χ3v) is 8.59. The normalized spacial score (nSPS) is 23.5. The number of carbonyl (C=O) groups is 3. The quantitative estimate of drug-likeness (QED) is 0.295. The zero-order chi connectivity index (χ0) is 28.3. The van der Waals surface area contributed by atoms with Crippen molar-refractivity contribution in [1.29, 1.82) is 0 Å². The number of para-hydroxylation sites is 2. The van der Waals surface area contributed by atoms with Gasteiger partial charge in [0.25, 0.3) is 0 Å². The highest BCUT2D eigenvalue weighted by Gasteiger charge is 2.70. The number of Topliss-reactive ketones (excluding diaryl/α,β-unsaturated/α-hetero) is 1. The highest BCUT2D eigenvalue weighted by atomic mass is 35.5. The molecule has 8 heteroatoms. The van der Waals surface area contributed by atoms with Gasteiger partial charge in [-0.25, -0.2) is 4.39 Å². The first kappa shape index (κ1) is 25.2. The van der Waals surface area contributed by atoms with Gasteiger partial charge in [-0.15, -0.1) is 0 Å². The lowest BCUT2D eigenvalue weighted by Gasteiger charge is -2.37. The molecule has 7 rings (SSSR count). The standard InChI is InChI=1S/C33H23ClFN3O3/c34-21-12-16-23(17-13-21)36-31(40)29-28(30(39)20-9-14-22(35)15-10-20)33(24-6-2-3-7-25(24)37-32(33)41)27-18-11-19-5-1-4-8-26(19)38(27)29/h1-18,27-29H,(H,36,40)(H,37,41)/t27-,28+,29-,33-/m0/s1. The molecular weight excluding hydrogens is 541 g/mol. The number of anilines is 3. The number of fused-ring (bicyclic) bond motifs is 6. The van der Waals surface area contributed by atoms with Crippen LogP contribution in [-0.4, -0.2) is 29.7 Å². The average Bonchev–Trinajstić information content (AvgIpc) is 3.47. The summed E-state index contributed by atoms with van der Waals surface area (Å²) < 4.78 is 13.9. The van der Waals surface area contributed by atoms with Crippen LogP contribution in [0.15, 0.2) is 103 Å². The Morgan fingerprint density at radius 1 is 0.902 bits per heavy atom. The second-order valence-corrected chi connectivity index (χ2v) is 10.9. The zero-order valence-electron chi connectivity index (χ0n) is 21.6. The lowest BCUT2D eigenvalue weighted by molar-refractivity contribution is -0.122. The average molecular weight is 564 g/mol. The number of benzene rings is 4. The maximum atomic E-state index is 14.6. The molecule has 4 aromatic carbocycles. The van der Waals surface area contributed by atoms with Crippen LogP contribution in [0.3, 0.4) is 0 Å². The first-order valence-electron chi connectivity index (χ1n) is 13.2. The van der Waals surface area contributed by atoms with Crippen molar-refractivity contribution in [3.8, 4) is 0 Å². The fourth-order valence-electron chi connectivity index (χ4n) is 6.66. The van der Waals surface area contributed by atoms with Crippen LogP contribution in [0.2, 0.25) is 5.02 Å². The molecule has 0 bridgehead atoms. The predicted octanol–water partition coefficient (Wildman–Crippen LogP) is 6.09. The van der Waals surface area contributed by atoms with E-state index >= 15 is 0 Å². The molecule has 0 aromatic heterocycles. The van der Waals surface area contributed by atoms with Crippen molar-refractivity contribution in [2.45, 2.75) is 17.5 Å². The minimum atomic E-state index is -1.44. The number of nitrogens with one attached hydrogen (secondary N) is 2. The van der Waals surface area contributed by atoms with Crippen LogP contribution >= 0.6 is 11.6 Å². The molecule has 1 spiro atoms. The number of amides is 2. The molecule has 6 nitrogen and oxygen atoms in total. The predicted molar refractivity (Wildman–Crippen MR) is 157 cm³/mol. The topological polar surface area (TPSA) is 78.5 Å². The van der Waals surface area contributed by atoms with Crippen LogP contribution in [0, 0.1) is 11.7 Å². The van der Waals surface area contributed by atoms with E-state index in [1.807, 2.05) is 59.5 Å². The van der Waals surface area contributed by atoms with E-state index in [9.17, 15) is 18.8 Å². The van der Waals surface area contributed by atoms with Crippen molar-refractivity contribution < 1.29 is 18.8 Å². The molecule has 4 atom stereocenters. The molecule has 3 heterocycles. The SMILES string of the molecule is O=C(Nc1ccc(Cl)cc1)[C@@H]1[C@H](C(=O)c2ccc(F)cc2)[C@@]2(C(=O)Nc3ccccc32)[C@@H]2C=Cc3ccccc3N12. The van der Waals surface area contributed by atoms with E-state index in [-0.39, 0.29) is 11.5 Å². The van der Waals surface area contributed by atoms with Gasteiger partial charge in [0.1, 0.15) is 17.3 Å². The molecule has 3 aliphatic rings. The molecule has 41 heavy (non-hydrogen) atoms. The Balaban J connectivity index is 1.48. The molecule has 3 aliphatic heterocycles. The second-order valence-electron chi connectivity index (χ2n) is 10.4. The molecule has 1 fully saturated rings. The molecule has 0 aliphatic carbocycles. The number of ketones is 1. The van der Waals surface area contributed by atoms with E-state index in [0.717, 1.165) is 11.3 Å². The van der Waals surface area contributed by atoms with Gasteiger partial charge in [0.15, 0.2) is 5.78 Å². The number of nitrogens with zero attached hydrogens (tertiary/aromatic N) is 1. The molecule has 0 unspecified atom stereocenters. The van der Waals surface area contributed by atoms with Crippen molar-refractivity contribution in [1.82, 2.24) is 0 Å². The Morgan fingerprint density at radius 2 is 1.61 bits per heavy atom.